The molecule has 0 aromatic rings. The van der Waals surface area contributed by atoms with E-state index in [1.807, 2.05) is 18.7 Å². The highest BCUT2D eigenvalue weighted by Gasteiger charge is 2.48. The van der Waals surface area contributed by atoms with E-state index in [1.54, 1.807) is 0 Å². The number of esters is 1. The molecule has 0 amide bonds. The molecule has 0 aromatic heterocycles. The van der Waals surface area contributed by atoms with Crippen LogP contribution in [0.5, 0.6) is 0 Å². The van der Waals surface area contributed by atoms with Crippen LogP contribution in [0.2, 0.25) is 0 Å². The maximum Gasteiger partial charge on any atom is 0.326 e. The molecule has 0 spiro atoms. The molecule has 3 nitrogen and oxygen atoms in total. The summed E-state index contributed by atoms with van der Waals surface area (Å²) in [5.74, 6) is 2.71. The smallest absolute Gasteiger partial charge is 0.326 e. The third-order valence-corrected chi connectivity index (χ3v) is 4.70. The van der Waals surface area contributed by atoms with Crippen LogP contribution in [-0.4, -0.2) is 36.2 Å². The van der Waals surface area contributed by atoms with Crippen LogP contribution in [0.4, 0.5) is 0 Å². The van der Waals surface area contributed by atoms with Crippen LogP contribution in [-0.2, 0) is 9.53 Å². The number of nitrogens with one attached hydrogen (secondary N) is 1. The molecule has 1 saturated carbocycles. The number of rotatable bonds is 8. The Kier molecular flexibility index (Phi) is 7.08. The summed E-state index contributed by atoms with van der Waals surface area (Å²) in [4.78, 5) is 12.3. The van der Waals surface area contributed by atoms with E-state index in [4.69, 9.17) is 4.74 Å². The van der Waals surface area contributed by atoms with E-state index >= 15 is 0 Å². The predicted octanol–water partition coefficient (Wildman–Crippen LogP) is 2.84. The largest absolute Gasteiger partial charge is 0.465 e. The second-order valence-electron chi connectivity index (χ2n) is 4.80. The molecule has 1 fully saturated rings. The monoisotopic (exact) mass is 273 g/mol. The Hall–Kier alpha value is -0.220. The lowest BCUT2D eigenvalue weighted by Crippen LogP contribution is -2.55. The van der Waals surface area contributed by atoms with Crippen LogP contribution in [0.15, 0.2) is 0 Å². The van der Waals surface area contributed by atoms with Crippen LogP contribution in [0.3, 0.4) is 0 Å². The Morgan fingerprint density at radius 3 is 2.83 bits per heavy atom. The van der Waals surface area contributed by atoms with E-state index in [1.165, 1.54) is 0 Å². The van der Waals surface area contributed by atoms with Crippen molar-refractivity contribution in [2.24, 2.45) is 5.92 Å². The fourth-order valence-electron chi connectivity index (χ4n) is 2.99. The van der Waals surface area contributed by atoms with Crippen molar-refractivity contribution in [3.63, 3.8) is 0 Å². The van der Waals surface area contributed by atoms with Crippen molar-refractivity contribution in [1.82, 2.24) is 5.32 Å². The van der Waals surface area contributed by atoms with E-state index in [0.717, 1.165) is 43.7 Å². The standard InChI is InChI=1S/C14H27NO2S/c1-4-15-14(13(16)17-5-2)10-7-8-12(14)9-11-18-6-3/h12,15H,4-11H2,1-3H3. The molecule has 0 heterocycles. The molecule has 2 atom stereocenters. The van der Waals surface area contributed by atoms with Crippen LogP contribution < -0.4 is 5.32 Å². The number of likely N-dealkylation sites (N-methyl/N-ethyl adjacent to an activating group) is 1. The summed E-state index contributed by atoms with van der Waals surface area (Å²) in [6, 6.07) is 0. The molecule has 0 saturated heterocycles. The average molecular weight is 273 g/mol. The maximum atomic E-state index is 12.3. The summed E-state index contributed by atoms with van der Waals surface area (Å²) in [7, 11) is 0. The van der Waals surface area contributed by atoms with Gasteiger partial charge in [0.05, 0.1) is 6.61 Å². The third kappa shape index (κ3) is 3.64. The Morgan fingerprint density at radius 1 is 1.44 bits per heavy atom. The molecular formula is C14H27NO2S. The normalized spacial score (nSPS) is 27.4. The second-order valence-corrected chi connectivity index (χ2v) is 6.19. The summed E-state index contributed by atoms with van der Waals surface area (Å²) in [5.41, 5.74) is -0.404. The first-order valence-corrected chi connectivity index (χ1v) is 8.36. The Labute approximate surface area is 115 Å². The van der Waals surface area contributed by atoms with Gasteiger partial charge in [-0.15, -0.1) is 0 Å². The van der Waals surface area contributed by atoms with Crippen molar-refractivity contribution in [2.75, 3.05) is 24.7 Å². The quantitative estimate of drug-likeness (QED) is 0.545. The summed E-state index contributed by atoms with van der Waals surface area (Å²) < 4.78 is 5.31. The first-order chi connectivity index (χ1) is 8.71. The van der Waals surface area contributed by atoms with Crippen molar-refractivity contribution < 1.29 is 9.53 Å². The minimum atomic E-state index is -0.404. The van der Waals surface area contributed by atoms with E-state index < -0.39 is 5.54 Å². The zero-order valence-electron chi connectivity index (χ0n) is 12.0. The summed E-state index contributed by atoms with van der Waals surface area (Å²) in [5, 5.41) is 3.44. The van der Waals surface area contributed by atoms with Crippen molar-refractivity contribution in [1.29, 1.82) is 0 Å². The van der Waals surface area contributed by atoms with Crippen molar-refractivity contribution in [3.05, 3.63) is 0 Å². The number of ether oxygens (including phenoxy) is 1. The first kappa shape index (κ1) is 15.8. The van der Waals surface area contributed by atoms with Crippen LogP contribution in [0, 0.1) is 5.92 Å². The molecular weight excluding hydrogens is 246 g/mol. The van der Waals surface area contributed by atoms with Gasteiger partial charge < -0.3 is 10.1 Å². The van der Waals surface area contributed by atoms with Crippen LogP contribution >= 0.6 is 11.8 Å². The molecule has 4 heteroatoms. The van der Waals surface area contributed by atoms with Gasteiger partial charge in [0.1, 0.15) is 5.54 Å². The van der Waals surface area contributed by atoms with Crippen molar-refractivity contribution in [3.8, 4) is 0 Å². The van der Waals surface area contributed by atoms with E-state index in [9.17, 15) is 4.79 Å². The number of hydrogen-bond acceptors (Lipinski definition) is 4. The molecule has 1 aliphatic carbocycles. The molecule has 0 aromatic carbocycles. The van der Waals surface area contributed by atoms with Gasteiger partial charge >= 0.3 is 5.97 Å². The topological polar surface area (TPSA) is 38.3 Å². The molecule has 1 aliphatic rings. The number of thioether (sulfide) groups is 1. The summed E-state index contributed by atoms with van der Waals surface area (Å²) in [6.45, 7) is 7.44. The minimum Gasteiger partial charge on any atom is -0.465 e. The highest BCUT2D eigenvalue weighted by atomic mass is 32.2. The zero-order valence-corrected chi connectivity index (χ0v) is 12.8. The van der Waals surface area contributed by atoms with Crippen LogP contribution in [0.25, 0.3) is 0 Å². The van der Waals surface area contributed by atoms with Gasteiger partial charge in [-0.3, -0.25) is 4.79 Å². The van der Waals surface area contributed by atoms with Gasteiger partial charge in [-0.25, -0.2) is 0 Å². The van der Waals surface area contributed by atoms with E-state index in [-0.39, 0.29) is 5.97 Å². The summed E-state index contributed by atoms with van der Waals surface area (Å²) in [6.07, 6.45) is 4.33. The highest BCUT2D eigenvalue weighted by Crippen LogP contribution is 2.39. The highest BCUT2D eigenvalue weighted by molar-refractivity contribution is 7.99. The lowest BCUT2D eigenvalue weighted by Gasteiger charge is -2.34. The molecule has 0 aliphatic heterocycles. The molecule has 106 valence electrons. The Bertz CT molecular complexity index is 260. The molecule has 0 radical (unpaired) electrons. The van der Waals surface area contributed by atoms with Gasteiger partial charge in [-0.1, -0.05) is 20.3 Å². The lowest BCUT2D eigenvalue weighted by molar-refractivity contribution is -0.153. The van der Waals surface area contributed by atoms with Gasteiger partial charge in [-0.05, 0) is 50.2 Å². The zero-order chi connectivity index (χ0) is 13.4. The van der Waals surface area contributed by atoms with E-state index in [0.29, 0.717) is 12.5 Å². The van der Waals surface area contributed by atoms with Crippen LogP contribution in [0.1, 0.15) is 46.5 Å². The van der Waals surface area contributed by atoms with Gasteiger partial charge in [0.2, 0.25) is 0 Å². The molecule has 18 heavy (non-hydrogen) atoms. The maximum absolute atomic E-state index is 12.3. The fraction of sp³-hybridized carbons (Fsp3) is 0.929. The Balaban J connectivity index is 2.69. The molecule has 1 N–H and O–H groups in total. The lowest BCUT2D eigenvalue weighted by atomic mass is 9.85. The fourth-order valence-corrected chi connectivity index (χ4v) is 3.73. The predicted molar refractivity (Wildman–Crippen MR) is 78.0 cm³/mol. The second kappa shape index (κ2) is 8.05. The van der Waals surface area contributed by atoms with Gasteiger partial charge in [0.25, 0.3) is 0 Å². The van der Waals surface area contributed by atoms with Crippen molar-refractivity contribution >= 4 is 17.7 Å². The van der Waals surface area contributed by atoms with Gasteiger partial charge in [0, 0.05) is 0 Å². The van der Waals surface area contributed by atoms with Gasteiger partial charge in [0.15, 0.2) is 0 Å². The third-order valence-electron chi connectivity index (χ3n) is 3.77. The minimum absolute atomic E-state index is 0.0316. The summed E-state index contributed by atoms with van der Waals surface area (Å²) >= 11 is 1.96. The number of hydrogen-bond donors (Lipinski definition) is 1. The molecule has 0 bridgehead atoms. The van der Waals surface area contributed by atoms with E-state index in [2.05, 4.69) is 19.2 Å². The number of carbonyl (C=O) groups excluding carboxylic acids is 1. The van der Waals surface area contributed by atoms with Crippen molar-refractivity contribution in [2.45, 2.75) is 52.0 Å². The first-order valence-electron chi connectivity index (χ1n) is 7.21. The molecule has 2 unspecified atom stereocenters. The average Bonchev–Trinajstić information content (AvgIpc) is 2.75. The Morgan fingerprint density at radius 2 is 2.22 bits per heavy atom. The SMILES string of the molecule is CCNC1(C(=O)OCC)CCCC1CCSCC. The number of carbonyl (C=O) groups is 1. The van der Waals surface area contributed by atoms with Gasteiger partial charge in [-0.2, -0.15) is 11.8 Å². The molecule has 1 rings (SSSR count).